The molecule has 1 aromatic rings. The summed E-state index contributed by atoms with van der Waals surface area (Å²) in [5, 5.41) is 10.1. The van der Waals surface area contributed by atoms with E-state index in [1.165, 1.54) is 12.8 Å². The first-order chi connectivity index (χ1) is 8.58. The maximum Gasteiger partial charge on any atom is 0.122 e. The van der Waals surface area contributed by atoms with Gasteiger partial charge in [0.1, 0.15) is 5.75 Å². The average molecular weight is 248 g/mol. The molecule has 1 N–H and O–H groups in total. The number of aryl methyl sites for hydroxylation is 1. The molecule has 2 rings (SSSR count). The number of likely N-dealkylation sites (tertiary alicyclic amines) is 1. The number of phenols is 1. The molecule has 0 saturated carbocycles. The molecule has 0 aromatic heterocycles. The fraction of sp³-hybridized carbons (Fsp3) is 0.600. The van der Waals surface area contributed by atoms with E-state index in [-0.39, 0.29) is 0 Å². The molecular weight excluding hydrogens is 224 g/mol. The third-order valence-electron chi connectivity index (χ3n) is 3.93. The van der Waals surface area contributed by atoms with Gasteiger partial charge in [0, 0.05) is 24.7 Å². The Balaban J connectivity index is 2.03. The van der Waals surface area contributed by atoms with E-state index in [9.17, 15) is 5.11 Å². The second-order valence-corrected chi connectivity index (χ2v) is 5.58. The monoisotopic (exact) mass is 248 g/mol. The molecule has 1 saturated heterocycles. The van der Waals surface area contributed by atoms with Crippen LogP contribution in [0.15, 0.2) is 18.2 Å². The summed E-state index contributed by atoms with van der Waals surface area (Å²) in [5.41, 5.74) is 2.02. The molecule has 1 aromatic carbocycles. The van der Waals surface area contributed by atoms with Crippen LogP contribution in [-0.4, -0.2) is 48.1 Å². The average Bonchev–Trinajstić information content (AvgIpc) is 2.35. The molecule has 0 spiro atoms. The normalized spacial score (nSPS) is 21.4. The Kier molecular flexibility index (Phi) is 4.25. The van der Waals surface area contributed by atoms with Crippen molar-refractivity contribution in [1.82, 2.24) is 9.80 Å². The summed E-state index contributed by atoms with van der Waals surface area (Å²) in [5.74, 6) is 0.462. The molecule has 1 unspecified atom stereocenters. The Morgan fingerprint density at radius 1 is 1.39 bits per heavy atom. The van der Waals surface area contributed by atoms with E-state index in [1.807, 2.05) is 25.1 Å². The van der Waals surface area contributed by atoms with Gasteiger partial charge in [-0.2, -0.15) is 0 Å². The van der Waals surface area contributed by atoms with Gasteiger partial charge in [-0.15, -0.1) is 0 Å². The van der Waals surface area contributed by atoms with E-state index >= 15 is 0 Å². The minimum absolute atomic E-state index is 0.462. The zero-order valence-electron chi connectivity index (χ0n) is 11.7. The lowest BCUT2D eigenvalue weighted by molar-refractivity contribution is 0.127. The Morgan fingerprint density at radius 2 is 2.17 bits per heavy atom. The van der Waals surface area contributed by atoms with Crippen LogP contribution in [0.5, 0.6) is 5.75 Å². The first kappa shape index (κ1) is 13.4. The van der Waals surface area contributed by atoms with E-state index in [4.69, 9.17) is 0 Å². The molecule has 3 heteroatoms. The highest BCUT2D eigenvalue weighted by molar-refractivity contribution is 5.39. The van der Waals surface area contributed by atoms with Gasteiger partial charge in [0.15, 0.2) is 0 Å². The Morgan fingerprint density at radius 3 is 2.89 bits per heavy atom. The van der Waals surface area contributed by atoms with Crippen LogP contribution in [0.25, 0.3) is 0 Å². The van der Waals surface area contributed by atoms with E-state index in [0.717, 1.165) is 30.8 Å². The largest absolute Gasteiger partial charge is 0.507 e. The molecule has 3 nitrogen and oxygen atoms in total. The van der Waals surface area contributed by atoms with Crippen molar-refractivity contribution in [2.45, 2.75) is 32.4 Å². The molecule has 0 bridgehead atoms. The fourth-order valence-corrected chi connectivity index (χ4v) is 2.68. The highest BCUT2D eigenvalue weighted by atomic mass is 16.3. The summed E-state index contributed by atoms with van der Waals surface area (Å²) in [4.78, 5) is 4.75. The van der Waals surface area contributed by atoms with E-state index < -0.39 is 0 Å². The van der Waals surface area contributed by atoms with Gasteiger partial charge in [0.05, 0.1) is 0 Å². The van der Waals surface area contributed by atoms with Crippen molar-refractivity contribution in [3.05, 3.63) is 29.3 Å². The number of nitrogens with zero attached hydrogens (tertiary/aromatic N) is 2. The Bertz CT molecular complexity index is 403. The van der Waals surface area contributed by atoms with Crippen LogP contribution in [0.1, 0.15) is 24.0 Å². The maximum absolute atomic E-state index is 10.1. The lowest BCUT2D eigenvalue weighted by Gasteiger charge is -2.36. The van der Waals surface area contributed by atoms with Crippen LogP contribution >= 0.6 is 0 Å². The molecule has 0 aliphatic carbocycles. The number of aromatic hydroxyl groups is 1. The SMILES string of the molecule is Cc1cccc(CN2CCCC(N(C)C)C2)c1O. The minimum atomic E-state index is 0.462. The molecule has 1 heterocycles. The molecule has 1 atom stereocenters. The summed E-state index contributed by atoms with van der Waals surface area (Å²) < 4.78 is 0. The van der Waals surface area contributed by atoms with Crippen molar-refractivity contribution in [3.8, 4) is 5.75 Å². The zero-order valence-corrected chi connectivity index (χ0v) is 11.7. The van der Waals surface area contributed by atoms with Crippen molar-refractivity contribution < 1.29 is 5.11 Å². The summed E-state index contributed by atoms with van der Waals surface area (Å²) in [6, 6.07) is 6.66. The minimum Gasteiger partial charge on any atom is -0.507 e. The highest BCUT2D eigenvalue weighted by Crippen LogP contribution is 2.24. The topological polar surface area (TPSA) is 26.7 Å². The van der Waals surface area contributed by atoms with Gasteiger partial charge in [-0.3, -0.25) is 4.90 Å². The maximum atomic E-state index is 10.1. The number of benzene rings is 1. The van der Waals surface area contributed by atoms with Gasteiger partial charge >= 0.3 is 0 Å². The van der Waals surface area contributed by atoms with Crippen molar-refractivity contribution in [3.63, 3.8) is 0 Å². The second-order valence-electron chi connectivity index (χ2n) is 5.58. The molecule has 0 amide bonds. The lowest BCUT2D eigenvalue weighted by atomic mass is 10.0. The second kappa shape index (κ2) is 5.72. The highest BCUT2D eigenvalue weighted by Gasteiger charge is 2.21. The fourth-order valence-electron chi connectivity index (χ4n) is 2.68. The summed E-state index contributed by atoms with van der Waals surface area (Å²) >= 11 is 0. The molecule has 100 valence electrons. The standard InChI is InChI=1S/C15H24N2O/c1-12-6-4-7-13(15(12)18)10-17-9-5-8-14(11-17)16(2)3/h4,6-7,14,18H,5,8-11H2,1-3H3. The van der Waals surface area contributed by atoms with Crippen molar-refractivity contribution in [2.24, 2.45) is 0 Å². The van der Waals surface area contributed by atoms with Crippen LogP contribution in [0, 0.1) is 6.92 Å². The van der Waals surface area contributed by atoms with E-state index in [2.05, 4.69) is 23.9 Å². The van der Waals surface area contributed by atoms with Crippen molar-refractivity contribution in [2.75, 3.05) is 27.2 Å². The third-order valence-corrected chi connectivity index (χ3v) is 3.93. The molecule has 0 radical (unpaired) electrons. The lowest BCUT2D eigenvalue weighted by Crippen LogP contribution is -2.44. The van der Waals surface area contributed by atoms with Crippen LogP contribution in [0.4, 0.5) is 0 Å². The van der Waals surface area contributed by atoms with Crippen LogP contribution in [0.2, 0.25) is 0 Å². The van der Waals surface area contributed by atoms with Gasteiger partial charge in [-0.05, 0) is 46.0 Å². The molecule has 1 aliphatic rings. The van der Waals surface area contributed by atoms with Crippen molar-refractivity contribution in [1.29, 1.82) is 0 Å². The number of para-hydroxylation sites is 1. The van der Waals surface area contributed by atoms with Gasteiger partial charge in [-0.1, -0.05) is 18.2 Å². The van der Waals surface area contributed by atoms with E-state index in [1.54, 1.807) is 0 Å². The molecule has 18 heavy (non-hydrogen) atoms. The summed E-state index contributed by atoms with van der Waals surface area (Å²) in [6.07, 6.45) is 2.53. The molecular formula is C15H24N2O. The number of rotatable bonds is 3. The van der Waals surface area contributed by atoms with Gasteiger partial charge in [0.2, 0.25) is 0 Å². The van der Waals surface area contributed by atoms with E-state index in [0.29, 0.717) is 11.8 Å². The van der Waals surface area contributed by atoms with Gasteiger partial charge < -0.3 is 10.0 Å². The number of phenolic OH excluding ortho intramolecular Hbond substituents is 1. The third kappa shape index (κ3) is 3.03. The number of hydrogen-bond donors (Lipinski definition) is 1. The van der Waals surface area contributed by atoms with Crippen LogP contribution in [-0.2, 0) is 6.54 Å². The molecule has 1 aliphatic heterocycles. The smallest absolute Gasteiger partial charge is 0.122 e. The predicted molar refractivity (Wildman–Crippen MR) is 74.8 cm³/mol. The first-order valence-electron chi connectivity index (χ1n) is 6.74. The quantitative estimate of drug-likeness (QED) is 0.888. The Hall–Kier alpha value is -1.06. The van der Waals surface area contributed by atoms with Crippen LogP contribution in [0.3, 0.4) is 0 Å². The number of piperidine rings is 1. The predicted octanol–water partition coefficient (Wildman–Crippen LogP) is 2.23. The van der Waals surface area contributed by atoms with Crippen LogP contribution < -0.4 is 0 Å². The molecule has 1 fully saturated rings. The van der Waals surface area contributed by atoms with Gasteiger partial charge in [0.25, 0.3) is 0 Å². The summed E-state index contributed by atoms with van der Waals surface area (Å²) in [7, 11) is 4.30. The first-order valence-corrected chi connectivity index (χ1v) is 6.74. The number of likely N-dealkylation sites (N-methyl/N-ethyl adjacent to an activating group) is 1. The number of hydrogen-bond acceptors (Lipinski definition) is 3. The van der Waals surface area contributed by atoms with Gasteiger partial charge in [-0.25, -0.2) is 0 Å². The Labute approximate surface area is 110 Å². The van der Waals surface area contributed by atoms with Crippen molar-refractivity contribution >= 4 is 0 Å². The summed E-state index contributed by atoms with van der Waals surface area (Å²) in [6.45, 7) is 5.05. The zero-order chi connectivity index (χ0) is 13.1.